The number of rotatable bonds is 5. The van der Waals surface area contributed by atoms with Gasteiger partial charge in [-0.1, -0.05) is 17.7 Å². The van der Waals surface area contributed by atoms with Gasteiger partial charge in [-0.15, -0.1) is 0 Å². The Kier molecular flexibility index (Phi) is 4.34. The molecule has 98 valence electrons. The Hall–Kier alpha value is -2.56. The van der Waals surface area contributed by atoms with Crippen molar-refractivity contribution in [2.75, 3.05) is 11.9 Å². The lowest BCUT2D eigenvalue weighted by Crippen LogP contribution is -2.25. The van der Waals surface area contributed by atoms with E-state index < -0.39 is 0 Å². The van der Waals surface area contributed by atoms with Crippen LogP contribution < -0.4 is 10.7 Å². The fraction of sp³-hybridized carbons (Fsp3) is 0.143. The standard InChI is InChI=1S/C14H15N3O2/c1-11-4-6-12(7-5-11)15-10-14(18)17-16-9-13-3-2-8-19-13/h2-9,15H,10H2,1H3,(H,17,18)/b16-9-. The number of aryl methyl sites for hydroxylation is 1. The van der Waals surface area contributed by atoms with Gasteiger partial charge in [0.15, 0.2) is 0 Å². The molecule has 0 aliphatic heterocycles. The van der Waals surface area contributed by atoms with Crippen LogP contribution in [0.4, 0.5) is 5.69 Å². The van der Waals surface area contributed by atoms with Crippen LogP contribution in [-0.2, 0) is 4.79 Å². The summed E-state index contributed by atoms with van der Waals surface area (Å²) < 4.78 is 5.04. The molecule has 0 radical (unpaired) electrons. The lowest BCUT2D eigenvalue weighted by Gasteiger charge is -2.05. The Morgan fingerprint density at radius 2 is 2.11 bits per heavy atom. The molecule has 1 amide bonds. The van der Waals surface area contributed by atoms with Gasteiger partial charge in [-0.25, -0.2) is 5.43 Å². The molecule has 1 heterocycles. The fourth-order valence-electron chi connectivity index (χ4n) is 1.43. The second-order valence-corrected chi connectivity index (χ2v) is 4.03. The van der Waals surface area contributed by atoms with Gasteiger partial charge in [0.05, 0.1) is 19.0 Å². The molecule has 5 nitrogen and oxygen atoms in total. The van der Waals surface area contributed by atoms with E-state index in [0.29, 0.717) is 5.76 Å². The zero-order chi connectivity index (χ0) is 13.5. The average Bonchev–Trinajstić information content (AvgIpc) is 2.91. The first-order valence-electron chi connectivity index (χ1n) is 5.90. The van der Waals surface area contributed by atoms with Crippen molar-refractivity contribution in [3.63, 3.8) is 0 Å². The van der Waals surface area contributed by atoms with Crippen LogP contribution in [0.3, 0.4) is 0 Å². The summed E-state index contributed by atoms with van der Waals surface area (Å²) in [7, 11) is 0. The maximum absolute atomic E-state index is 11.5. The van der Waals surface area contributed by atoms with E-state index in [2.05, 4.69) is 15.8 Å². The first kappa shape index (κ1) is 12.9. The van der Waals surface area contributed by atoms with Gasteiger partial charge in [-0.05, 0) is 31.2 Å². The van der Waals surface area contributed by atoms with Crippen molar-refractivity contribution in [1.82, 2.24) is 5.43 Å². The van der Waals surface area contributed by atoms with E-state index in [1.54, 1.807) is 18.4 Å². The summed E-state index contributed by atoms with van der Waals surface area (Å²) in [6, 6.07) is 11.3. The van der Waals surface area contributed by atoms with Gasteiger partial charge in [-0.2, -0.15) is 5.10 Å². The normalized spacial score (nSPS) is 10.6. The first-order chi connectivity index (χ1) is 9.24. The highest BCUT2D eigenvalue weighted by Crippen LogP contribution is 2.07. The van der Waals surface area contributed by atoms with E-state index in [1.165, 1.54) is 11.8 Å². The number of hydrazone groups is 1. The molecule has 2 N–H and O–H groups in total. The fourth-order valence-corrected chi connectivity index (χ4v) is 1.43. The third kappa shape index (κ3) is 4.31. The Morgan fingerprint density at radius 1 is 1.32 bits per heavy atom. The summed E-state index contributed by atoms with van der Waals surface area (Å²) in [5, 5.41) is 6.79. The van der Waals surface area contributed by atoms with Crippen LogP contribution in [0.25, 0.3) is 0 Å². The van der Waals surface area contributed by atoms with Crippen molar-refractivity contribution < 1.29 is 9.21 Å². The highest BCUT2D eigenvalue weighted by Gasteiger charge is 1.99. The van der Waals surface area contributed by atoms with E-state index in [4.69, 9.17) is 4.42 Å². The number of benzene rings is 1. The highest BCUT2D eigenvalue weighted by molar-refractivity contribution is 5.83. The third-order valence-electron chi connectivity index (χ3n) is 2.43. The number of carbonyl (C=O) groups is 1. The van der Waals surface area contributed by atoms with Crippen molar-refractivity contribution in [3.8, 4) is 0 Å². The van der Waals surface area contributed by atoms with Gasteiger partial charge in [0, 0.05) is 5.69 Å². The smallest absolute Gasteiger partial charge is 0.259 e. The SMILES string of the molecule is Cc1ccc(NCC(=O)N/N=C\c2ccco2)cc1. The first-order valence-corrected chi connectivity index (χ1v) is 5.90. The van der Waals surface area contributed by atoms with Crippen LogP contribution in [0, 0.1) is 6.92 Å². The summed E-state index contributed by atoms with van der Waals surface area (Å²) >= 11 is 0. The molecule has 1 aromatic heterocycles. The Bertz CT molecular complexity index is 545. The second kappa shape index (κ2) is 6.39. The van der Waals surface area contributed by atoms with Crippen molar-refractivity contribution in [1.29, 1.82) is 0 Å². The molecular formula is C14H15N3O2. The minimum absolute atomic E-state index is 0.165. The molecule has 0 aliphatic rings. The third-order valence-corrected chi connectivity index (χ3v) is 2.43. The van der Waals surface area contributed by atoms with Crippen LogP contribution in [0.15, 0.2) is 52.2 Å². The molecule has 0 unspecified atom stereocenters. The number of hydrogen-bond donors (Lipinski definition) is 2. The second-order valence-electron chi connectivity index (χ2n) is 4.03. The van der Waals surface area contributed by atoms with E-state index in [0.717, 1.165) is 5.69 Å². The summed E-state index contributed by atoms with van der Waals surface area (Å²) in [5.41, 5.74) is 4.49. The molecule has 0 aliphatic carbocycles. The van der Waals surface area contributed by atoms with Crippen molar-refractivity contribution in [2.24, 2.45) is 5.10 Å². The van der Waals surface area contributed by atoms with Crippen molar-refractivity contribution in [2.45, 2.75) is 6.92 Å². The Morgan fingerprint density at radius 3 is 2.79 bits per heavy atom. The number of nitrogens with zero attached hydrogens (tertiary/aromatic N) is 1. The number of hydrogen-bond acceptors (Lipinski definition) is 4. The molecule has 0 atom stereocenters. The molecule has 0 bridgehead atoms. The lowest BCUT2D eigenvalue weighted by molar-refractivity contribution is -0.119. The highest BCUT2D eigenvalue weighted by atomic mass is 16.3. The van der Waals surface area contributed by atoms with E-state index in [9.17, 15) is 4.79 Å². The minimum atomic E-state index is -0.219. The Labute approximate surface area is 111 Å². The number of carbonyl (C=O) groups excluding carboxylic acids is 1. The molecule has 0 fully saturated rings. The topological polar surface area (TPSA) is 66.6 Å². The molecule has 0 saturated carbocycles. The van der Waals surface area contributed by atoms with Gasteiger partial charge in [0.25, 0.3) is 5.91 Å². The zero-order valence-corrected chi connectivity index (χ0v) is 10.6. The van der Waals surface area contributed by atoms with Gasteiger partial charge >= 0.3 is 0 Å². The van der Waals surface area contributed by atoms with E-state index in [1.807, 2.05) is 31.2 Å². The van der Waals surface area contributed by atoms with Crippen LogP contribution in [0.1, 0.15) is 11.3 Å². The summed E-state index contributed by atoms with van der Waals surface area (Å²) in [5.74, 6) is 0.371. The molecule has 19 heavy (non-hydrogen) atoms. The van der Waals surface area contributed by atoms with Crippen LogP contribution in [-0.4, -0.2) is 18.7 Å². The van der Waals surface area contributed by atoms with Gasteiger partial charge in [0.1, 0.15) is 5.76 Å². The lowest BCUT2D eigenvalue weighted by atomic mass is 10.2. The van der Waals surface area contributed by atoms with E-state index >= 15 is 0 Å². The maximum Gasteiger partial charge on any atom is 0.259 e. The van der Waals surface area contributed by atoms with E-state index in [-0.39, 0.29) is 12.5 Å². The van der Waals surface area contributed by atoms with Crippen molar-refractivity contribution >= 4 is 17.8 Å². The number of nitrogens with one attached hydrogen (secondary N) is 2. The average molecular weight is 257 g/mol. The van der Waals surface area contributed by atoms with Gasteiger partial charge in [0.2, 0.25) is 0 Å². The van der Waals surface area contributed by atoms with Gasteiger partial charge < -0.3 is 9.73 Å². The maximum atomic E-state index is 11.5. The summed E-state index contributed by atoms with van der Waals surface area (Å²) in [6.45, 7) is 2.18. The number of amides is 1. The Balaban J connectivity index is 1.74. The molecule has 1 aromatic carbocycles. The monoisotopic (exact) mass is 257 g/mol. The minimum Gasteiger partial charge on any atom is -0.463 e. The summed E-state index contributed by atoms with van der Waals surface area (Å²) in [6.07, 6.45) is 2.99. The van der Waals surface area contributed by atoms with Crippen molar-refractivity contribution in [3.05, 3.63) is 54.0 Å². The zero-order valence-electron chi connectivity index (χ0n) is 10.6. The van der Waals surface area contributed by atoms with Gasteiger partial charge in [-0.3, -0.25) is 4.79 Å². The summed E-state index contributed by atoms with van der Waals surface area (Å²) in [4.78, 5) is 11.5. The number of furan rings is 1. The van der Waals surface area contributed by atoms with Crippen LogP contribution in [0.5, 0.6) is 0 Å². The molecule has 5 heteroatoms. The predicted octanol–water partition coefficient (Wildman–Crippen LogP) is 2.15. The molecule has 2 rings (SSSR count). The molecule has 0 saturated heterocycles. The predicted molar refractivity (Wildman–Crippen MR) is 74.1 cm³/mol. The largest absolute Gasteiger partial charge is 0.463 e. The molecule has 2 aromatic rings. The van der Waals surface area contributed by atoms with Crippen LogP contribution >= 0.6 is 0 Å². The number of anilines is 1. The molecular weight excluding hydrogens is 242 g/mol. The quantitative estimate of drug-likeness (QED) is 0.637. The molecule has 0 spiro atoms. The van der Waals surface area contributed by atoms with Crippen LogP contribution in [0.2, 0.25) is 0 Å².